The summed E-state index contributed by atoms with van der Waals surface area (Å²) in [7, 11) is 1.51. The standard InChI is InChI=1S/C27H30ClF6N3O4/c1-35-23(38)21-9-8-19(16-22(21)28)36-12-3-2-5-17-10-13-37(14-11-17)24(39)25(40,26(29,30)31)18-6-4-7-20(15-18)41-27(32,33)34/h4,6-9,15-17,36,40H,2-3,5,10-14H2,1H3,(H,35,38)/t25-/m0/s1. The lowest BCUT2D eigenvalue weighted by atomic mass is 9.87. The molecule has 41 heavy (non-hydrogen) atoms. The number of rotatable bonds is 10. The monoisotopic (exact) mass is 609 g/mol. The SMILES string of the molecule is CNC(=O)c1ccc(NCCCCC2CCN(C(=O)[C@@](O)(c3cccc(OC(F)(F)F)c3)C(F)(F)F)CC2)cc1Cl. The summed E-state index contributed by atoms with van der Waals surface area (Å²) in [6.45, 7) is 0.562. The minimum absolute atomic E-state index is 0.0327. The summed E-state index contributed by atoms with van der Waals surface area (Å²) < 4.78 is 83.4. The van der Waals surface area contributed by atoms with Crippen molar-refractivity contribution in [1.82, 2.24) is 10.2 Å². The van der Waals surface area contributed by atoms with Crippen molar-refractivity contribution in [3.05, 3.63) is 58.6 Å². The van der Waals surface area contributed by atoms with E-state index in [1.807, 2.05) is 0 Å². The lowest BCUT2D eigenvalue weighted by molar-refractivity contribution is -0.274. The summed E-state index contributed by atoms with van der Waals surface area (Å²) >= 11 is 6.14. The summed E-state index contributed by atoms with van der Waals surface area (Å²) in [4.78, 5) is 25.6. The van der Waals surface area contributed by atoms with Crippen molar-refractivity contribution in [3.8, 4) is 5.75 Å². The molecule has 3 rings (SSSR count). The molecule has 1 fully saturated rings. The van der Waals surface area contributed by atoms with Gasteiger partial charge < -0.3 is 25.4 Å². The topological polar surface area (TPSA) is 90.9 Å². The molecule has 14 heteroatoms. The van der Waals surface area contributed by atoms with Crippen molar-refractivity contribution in [1.29, 1.82) is 0 Å². The molecule has 7 nitrogen and oxygen atoms in total. The molecule has 0 spiro atoms. The van der Waals surface area contributed by atoms with Gasteiger partial charge in [0.05, 0.1) is 10.6 Å². The van der Waals surface area contributed by atoms with Gasteiger partial charge in [0, 0.05) is 37.9 Å². The number of likely N-dealkylation sites (tertiary alicyclic amines) is 1. The molecule has 1 aliphatic rings. The average molecular weight is 610 g/mol. The molecular formula is C27H30ClF6N3O4. The van der Waals surface area contributed by atoms with Gasteiger partial charge in [-0.3, -0.25) is 9.59 Å². The van der Waals surface area contributed by atoms with Crippen molar-refractivity contribution in [2.45, 2.75) is 50.2 Å². The van der Waals surface area contributed by atoms with Crippen molar-refractivity contribution in [2.75, 3.05) is 32.0 Å². The number of ether oxygens (including phenoxy) is 1. The number of alkyl halides is 6. The molecular weight excluding hydrogens is 580 g/mol. The van der Waals surface area contributed by atoms with Gasteiger partial charge in [0.1, 0.15) is 5.75 Å². The zero-order valence-corrected chi connectivity index (χ0v) is 22.8. The predicted molar refractivity (Wildman–Crippen MR) is 140 cm³/mol. The fraction of sp³-hybridized carbons (Fsp3) is 0.481. The van der Waals surface area contributed by atoms with Crippen LogP contribution < -0.4 is 15.4 Å². The quantitative estimate of drug-likeness (QED) is 0.232. The second-order valence-electron chi connectivity index (χ2n) is 9.72. The zero-order valence-electron chi connectivity index (χ0n) is 22.0. The highest BCUT2D eigenvalue weighted by Crippen LogP contribution is 2.42. The van der Waals surface area contributed by atoms with Crippen molar-refractivity contribution < 1.29 is 45.8 Å². The fourth-order valence-electron chi connectivity index (χ4n) is 4.71. The number of halogens is 7. The number of nitrogens with zero attached hydrogens (tertiary/aromatic N) is 1. The molecule has 0 aromatic heterocycles. The third kappa shape index (κ3) is 8.19. The van der Waals surface area contributed by atoms with Crippen LogP contribution in [0.4, 0.5) is 32.0 Å². The van der Waals surface area contributed by atoms with Crippen LogP contribution >= 0.6 is 11.6 Å². The van der Waals surface area contributed by atoms with Crippen LogP contribution in [-0.4, -0.2) is 61.0 Å². The van der Waals surface area contributed by atoms with E-state index in [0.717, 1.165) is 48.0 Å². The third-order valence-corrected chi connectivity index (χ3v) is 7.23. The molecule has 1 aliphatic heterocycles. The Kier molecular flexibility index (Phi) is 10.4. The maximum Gasteiger partial charge on any atom is 0.573 e. The predicted octanol–water partition coefficient (Wildman–Crippen LogP) is 5.87. The van der Waals surface area contributed by atoms with Crippen LogP contribution in [0.1, 0.15) is 48.0 Å². The Labute approximate surface area is 237 Å². The number of anilines is 1. The third-order valence-electron chi connectivity index (χ3n) is 6.92. The maximum absolute atomic E-state index is 14.0. The minimum atomic E-state index is -5.49. The highest BCUT2D eigenvalue weighted by Gasteiger charge is 2.62. The molecule has 1 saturated heterocycles. The van der Waals surface area contributed by atoms with Crippen LogP contribution in [0.5, 0.6) is 5.75 Å². The van der Waals surface area contributed by atoms with Gasteiger partial charge in [-0.25, -0.2) is 0 Å². The fourth-order valence-corrected chi connectivity index (χ4v) is 4.98. The van der Waals surface area contributed by atoms with Gasteiger partial charge in [-0.2, -0.15) is 13.2 Å². The summed E-state index contributed by atoms with van der Waals surface area (Å²) in [5.74, 6) is -2.76. The summed E-state index contributed by atoms with van der Waals surface area (Å²) in [6, 6.07) is 7.73. The first-order valence-corrected chi connectivity index (χ1v) is 13.2. The van der Waals surface area contributed by atoms with Gasteiger partial charge in [0.15, 0.2) is 0 Å². The minimum Gasteiger partial charge on any atom is -0.406 e. The highest BCUT2D eigenvalue weighted by atomic mass is 35.5. The molecule has 1 heterocycles. The van der Waals surface area contributed by atoms with Crippen LogP contribution in [0.15, 0.2) is 42.5 Å². The zero-order chi connectivity index (χ0) is 30.4. The van der Waals surface area contributed by atoms with E-state index in [-0.39, 0.29) is 24.9 Å². The normalized spacial score (nSPS) is 16.2. The van der Waals surface area contributed by atoms with E-state index >= 15 is 0 Å². The number of carbonyl (C=O) groups excluding carboxylic acids is 2. The molecule has 226 valence electrons. The van der Waals surface area contributed by atoms with E-state index in [9.17, 15) is 41.0 Å². The smallest absolute Gasteiger partial charge is 0.406 e. The molecule has 0 radical (unpaired) electrons. The van der Waals surface area contributed by atoms with E-state index in [2.05, 4.69) is 15.4 Å². The van der Waals surface area contributed by atoms with Crippen LogP contribution in [-0.2, 0) is 10.4 Å². The van der Waals surface area contributed by atoms with Crippen LogP contribution in [0.2, 0.25) is 5.02 Å². The van der Waals surface area contributed by atoms with Gasteiger partial charge in [-0.05, 0) is 55.5 Å². The summed E-state index contributed by atoms with van der Waals surface area (Å²) in [6.07, 6.45) is -7.43. The van der Waals surface area contributed by atoms with E-state index in [4.69, 9.17) is 11.6 Å². The van der Waals surface area contributed by atoms with Crippen molar-refractivity contribution in [2.24, 2.45) is 5.92 Å². The lowest BCUT2D eigenvalue weighted by Crippen LogP contribution is -2.57. The molecule has 3 N–H and O–H groups in total. The number of nitrogens with one attached hydrogen (secondary N) is 2. The molecule has 0 aliphatic carbocycles. The molecule has 0 unspecified atom stereocenters. The molecule has 0 bridgehead atoms. The average Bonchev–Trinajstić information content (AvgIpc) is 2.90. The van der Waals surface area contributed by atoms with Crippen LogP contribution in [0, 0.1) is 5.92 Å². The maximum atomic E-state index is 14.0. The Balaban J connectivity index is 1.51. The summed E-state index contributed by atoms with van der Waals surface area (Å²) in [5.41, 5.74) is -3.97. The Bertz CT molecular complexity index is 1220. The van der Waals surface area contributed by atoms with Crippen LogP contribution in [0.25, 0.3) is 0 Å². The lowest BCUT2D eigenvalue weighted by Gasteiger charge is -2.38. The van der Waals surface area contributed by atoms with E-state index in [0.29, 0.717) is 36.0 Å². The Morgan fingerprint density at radius 1 is 1.05 bits per heavy atom. The number of unbranched alkanes of at least 4 members (excludes halogenated alkanes) is 1. The molecule has 2 aromatic rings. The molecule has 1 atom stereocenters. The Morgan fingerprint density at radius 2 is 1.73 bits per heavy atom. The first-order valence-electron chi connectivity index (χ1n) is 12.9. The second-order valence-corrected chi connectivity index (χ2v) is 10.1. The number of carbonyl (C=O) groups is 2. The number of piperidine rings is 1. The molecule has 0 saturated carbocycles. The first-order chi connectivity index (χ1) is 19.2. The largest absolute Gasteiger partial charge is 0.573 e. The molecule has 2 aromatic carbocycles. The van der Waals surface area contributed by atoms with Crippen molar-refractivity contribution in [3.63, 3.8) is 0 Å². The van der Waals surface area contributed by atoms with Crippen LogP contribution in [0.3, 0.4) is 0 Å². The number of benzene rings is 2. The molecule has 2 amide bonds. The Morgan fingerprint density at radius 3 is 2.32 bits per heavy atom. The van der Waals surface area contributed by atoms with Gasteiger partial charge in [-0.1, -0.05) is 36.6 Å². The second kappa shape index (κ2) is 13.2. The van der Waals surface area contributed by atoms with E-state index in [1.165, 1.54) is 7.05 Å². The number of hydrogen-bond acceptors (Lipinski definition) is 5. The van der Waals surface area contributed by atoms with Gasteiger partial charge in [-0.15, -0.1) is 13.2 Å². The summed E-state index contributed by atoms with van der Waals surface area (Å²) in [5, 5.41) is 16.6. The van der Waals surface area contributed by atoms with E-state index in [1.54, 1.807) is 18.2 Å². The van der Waals surface area contributed by atoms with E-state index < -0.39 is 35.4 Å². The van der Waals surface area contributed by atoms with Gasteiger partial charge in [0.2, 0.25) is 0 Å². The highest BCUT2D eigenvalue weighted by molar-refractivity contribution is 6.34. The van der Waals surface area contributed by atoms with Crippen molar-refractivity contribution >= 4 is 29.1 Å². The number of hydrogen-bond donors (Lipinski definition) is 3. The van der Waals surface area contributed by atoms with Gasteiger partial charge >= 0.3 is 12.5 Å². The Hall–Kier alpha value is -3.19. The number of amides is 2. The first kappa shape index (κ1) is 32.3. The van der Waals surface area contributed by atoms with Gasteiger partial charge in [0.25, 0.3) is 17.4 Å². The number of aliphatic hydroxyl groups is 1.